The molecule has 0 aliphatic heterocycles. The minimum absolute atomic E-state index is 0.0326. The summed E-state index contributed by atoms with van der Waals surface area (Å²) in [4.78, 5) is 24.5. The zero-order valence-corrected chi connectivity index (χ0v) is 17.4. The summed E-state index contributed by atoms with van der Waals surface area (Å²) in [6.45, 7) is 9.01. The van der Waals surface area contributed by atoms with E-state index in [4.69, 9.17) is 9.88 Å². The molecule has 28 heavy (non-hydrogen) atoms. The third kappa shape index (κ3) is 4.60. The molecular formula is C19H25N3O5S. The van der Waals surface area contributed by atoms with Crippen LogP contribution in [0.5, 0.6) is 0 Å². The molecule has 0 fully saturated rings. The zero-order valence-electron chi connectivity index (χ0n) is 16.6. The van der Waals surface area contributed by atoms with Crippen molar-refractivity contribution >= 4 is 27.6 Å². The van der Waals surface area contributed by atoms with Gasteiger partial charge in [0.25, 0.3) is 0 Å². The van der Waals surface area contributed by atoms with Crippen LogP contribution in [0.3, 0.4) is 0 Å². The molecule has 0 saturated carbocycles. The smallest absolute Gasteiger partial charge is 0.339 e. The molecule has 2 aromatic rings. The monoisotopic (exact) mass is 407 g/mol. The molecule has 0 saturated heterocycles. The van der Waals surface area contributed by atoms with Crippen LogP contribution >= 0.6 is 0 Å². The Balaban J connectivity index is 2.29. The van der Waals surface area contributed by atoms with Crippen molar-refractivity contribution in [2.45, 2.75) is 46.1 Å². The average Bonchev–Trinajstić information content (AvgIpc) is 2.86. The SMILES string of the molecule is CCOC(=O)c1cc(C)n(CC(=O)Nc2cc(S(N)(=O)=O)cc(C)c2C)c1C. The Labute approximate surface area is 164 Å². The largest absolute Gasteiger partial charge is 0.462 e. The highest BCUT2D eigenvalue weighted by Gasteiger charge is 2.19. The average molecular weight is 407 g/mol. The lowest BCUT2D eigenvalue weighted by Crippen LogP contribution is -2.22. The number of rotatable bonds is 6. The van der Waals surface area contributed by atoms with E-state index in [2.05, 4.69) is 5.32 Å². The van der Waals surface area contributed by atoms with E-state index in [0.29, 0.717) is 22.5 Å². The number of sulfonamides is 1. The van der Waals surface area contributed by atoms with Crippen LogP contribution in [0, 0.1) is 27.7 Å². The van der Waals surface area contributed by atoms with Gasteiger partial charge in [-0.3, -0.25) is 4.79 Å². The second-order valence-corrected chi connectivity index (χ2v) is 8.16. The lowest BCUT2D eigenvalue weighted by Gasteiger charge is -2.14. The van der Waals surface area contributed by atoms with Gasteiger partial charge in [0.2, 0.25) is 15.9 Å². The van der Waals surface area contributed by atoms with Gasteiger partial charge in [-0.25, -0.2) is 18.4 Å². The van der Waals surface area contributed by atoms with Gasteiger partial charge < -0.3 is 14.6 Å². The Kier molecular flexibility index (Phi) is 6.30. The number of ether oxygens (including phenoxy) is 1. The second kappa shape index (κ2) is 8.15. The molecule has 0 unspecified atom stereocenters. The minimum atomic E-state index is -3.89. The van der Waals surface area contributed by atoms with Crippen molar-refractivity contribution in [3.8, 4) is 0 Å². The number of aryl methyl sites for hydroxylation is 2. The van der Waals surface area contributed by atoms with Gasteiger partial charge in [-0.15, -0.1) is 0 Å². The van der Waals surface area contributed by atoms with E-state index in [1.807, 2.05) is 0 Å². The number of aromatic nitrogens is 1. The number of primary sulfonamides is 1. The molecule has 1 heterocycles. The normalized spacial score (nSPS) is 11.4. The van der Waals surface area contributed by atoms with Crippen LogP contribution < -0.4 is 10.5 Å². The fourth-order valence-electron chi connectivity index (χ4n) is 2.91. The molecule has 0 aliphatic rings. The highest BCUT2D eigenvalue weighted by atomic mass is 32.2. The molecule has 1 amide bonds. The molecule has 0 aliphatic carbocycles. The molecule has 0 spiro atoms. The number of hydrogen-bond acceptors (Lipinski definition) is 5. The molecule has 1 aromatic heterocycles. The molecule has 2 rings (SSSR count). The van der Waals surface area contributed by atoms with Crippen molar-refractivity contribution < 1.29 is 22.7 Å². The van der Waals surface area contributed by atoms with Crippen LogP contribution in [0.15, 0.2) is 23.1 Å². The van der Waals surface area contributed by atoms with E-state index in [1.54, 1.807) is 45.3 Å². The first kappa shape index (κ1) is 21.6. The van der Waals surface area contributed by atoms with Gasteiger partial charge in [0, 0.05) is 17.1 Å². The summed E-state index contributed by atoms with van der Waals surface area (Å²) in [6.07, 6.45) is 0. The molecule has 152 valence electrons. The first-order valence-electron chi connectivity index (χ1n) is 8.73. The van der Waals surface area contributed by atoms with Crippen molar-refractivity contribution in [1.82, 2.24) is 4.57 Å². The van der Waals surface area contributed by atoms with Crippen LogP contribution in [0.2, 0.25) is 0 Å². The number of anilines is 1. The Bertz CT molecular complexity index is 1040. The van der Waals surface area contributed by atoms with E-state index in [-0.39, 0.29) is 24.0 Å². The predicted molar refractivity (Wildman–Crippen MR) is 106 cm³/mol. The number of hydrogen-bond donors (Lipinski definition) is 2. The first-order chi connectivity index (χ1) is 13.0. The fourth-order valence-corrected chi connectivity index (χ4v) is 3.54. The van der Waals surface area contributed by atoms with E-state index < -0.39 is 16.0 Å². The molecule has 0 radical (unpaired) electrons. The van der Waals surface area contributed by atoms with Crippen molar-refractivity contribution in [3.05, 3.63) is 46.3 Å². The van der Waals surface area contributed by atoms with E-state index >= 15 is 0 Å². The molecule has 1 aromatic carbocycles. The molecule has 8 nitrogen and oxygen atoms in total. The summed E-state index contributed by atoms with van der Waals surface area (Å²) in [7, 11) is -3.89. The maximum atomic E-state index is 12.6. The van der Waals surface area contributed by atoms with Crippen molar-refractivity contribution in [1.29, 1.82) is 0 Å². The predicted octanol–water partition coefficient (Wildman–Crippen LogP) is 2.18. The third-order valence-corrected chi connectivity index (χ3v) is 5.51. The summed E-state index contributed by atoms with van der Waals surface area (Å²) in [6, 6.07) is 4.48. The van der Waals surface area contributed by atoms with Gasteiger partial charge >= 0.3 is 5.97 Å². The standard InChI is InChI=1S/C19H25N3O5S/c1-6-27-19(24)16-8-12(3)22(14(16)5)10-18(23)21-17-9-15(28(20,25)26)7-11(2)13(17)4/h7-9H,6,10H2,1-5H3,(H,21,23)(H2,20,25,26). The summed E-state index contributed by atoms with van der Waals surface area (Å²) in [5.41, 5.74) is 3.59. The Morgan fingerprint density at radius 2 is 1.79 bits per heavy atom. The van der Waals surface area contributed by atoms with Gasteiger partial charge in [0.1, 0.15) is 6.54 Å². The molecule has 0 atom stereocenters. The number of carbonyl (C=O) groups is 2. The lowest BCUT2D eigenvalue weighted by atomic mass is 10.1. The first-order valence-corrected chi connectivity index (χ1v) is 10.3. The quantitative estimate of drug-likeness (QED) is 0.711. The number of esters is 1. The summed E-state index contributed by atoms with van der Waals surface area (Å²) < 4.78 is 30.0. The minimum Gasteiger partial charge on any atom is -0.462 e. The lowest BCUT2D eigenvalue weighted by molar-refractivity contribution is -0.116. The molecule has 0 bridgehead atoms. The number of carbonyl (C=O) groups excluding carboxylic acids is 2. The Morgan fingerprint density at radius 3 is 2.36 bits per heavy atom. The number of benzene rings is 1. The number of nitrogens with two attached hydrogens (primary N) is 1. The Morgan fingerprint density at radius 1 is 1.14 bits per heavy atom. The highest BCUT2D eigenvalue weighted by molar-refractivity contribution is 7.89. The molecule has 3 N–H and O–H groups in total. The maximum Gasteiger partial charge on any atom is 0.339 e. The van der Waals surface area contributed by atoms with Crippen LogP contribution in [0.25, 0.3) is 0 Å². The highest BCUT2D eigenvalue weighted by Crippen LogP contribution is 2.24. The van der Waals surface area contributed by atoms with Crippen molar-refractivity contribution in [2.24, 2.45) is 5.14 Å². The van der Waals surface area contributed by atoms with Crippen molar-refractivity contribution in [2.75, 3.05) is 11.9 Å². The number of nitrogens with one attached hydrogen (secondary N) is 1. The van der Waals surface area contributed by atoms with Gasteiger partial charge in [0.15, 0.2) is 0 Å². The van der Waals surface area contributed by atoms with Crippen LogP contribution in [-0.4, -0.2) is 31.5 Å². The number of nitrogens with zero attached hydrogens (tertiary/aromatic N) is 1. The van der Waals surface area contributed by atoms with Gasteiger partial charge in [-0.2, -0.15) is 0 Å². The van der Waals surface area contributed by atoms with Crippen LogP contribution in [-0.2, 0) is 26.1 Å². The Hall–Kier alpha value is -2.65. The van der Waals surface area contributed by atoms with Crippen LogP contribution in [0.1, 0.15) is 39.8 Å². The van der Waals surface area contributed by atoms with E-state index in [1.165, 1.54) is 12.1 Å². The van der Waals surface area contributed by atoms with Crippen LogP contribution in [0.4, 0.5) is 5.69 Å². The molecule has 9 heteroatoms. The summed E-state index contributed by atoms with van der Waals surface area (Å²) >= 11 is 0. The third-order valence-electron chi connectivity index (χ3n) is 4.61. The van der Waals surface area contributed by atoms with E-state index in [0.717, 1.165) is 11.3 Å². The maximum absolute atomic E-state index is 12.6. The summed E-state index contributed by atoms with van der Waals surface area (Å²) in [5, 5.41) is 7.94. The molecular weight excluding hydrogens is 382 g/mol. The second-order valence-electron chi connectivity index (χ2n) is 6.60. The zero-order chi connectivity index (χ0) is 21.2. The van der Waals surface area contributed by atoms with Gasteiger partial charge in [0.05, 0.1) is 17.1 Å². The van der Waals surface area contributed by atoms with Crippen molar-refractivity contribution in [3.63, 3.8) is 0 Å². The summed E-state index contributed by atoms with van der Waals surface area (Å²) in [5.74, 6) is -0.791. The topological polar surface area (TPSA) is 120 Å². The van der Waals surface area contributed by atoms with Gasteiger partial charge in [-0.05, 0) is 63.9 Å². The number of amides is 1. The van der Waals surface area contributed by atoms with E-state index in [9.17, 15) is 18.0 Å². The fraction of sp³-hybridized carbons (Fsp3) is 0.368. The van der Waals surface area contributed by atoms with Gasteiger partial charge in [-0.1, -0.05) is 0 Å².